The molecule has 25 heavy (non-hydrogen) atoms. The van der Waals surface area contributed by atoms with E-state index < -0.39 is 10.0 Å². The van der Waals surface area contributed by atoms with Gasteiger partial charge in [-0.2, -0.15) is 0 Å². The van der Waals surface area contributed by atoms with Gasteiger partial charge in [-0.05, 0) is 29.8 Å². The lowest BCUT2D eigenvalue weighted by Crippen LogP contribution is -2.14. The molecule has 0 amide bonds. The first-order valence-electron chi connectivity index (χ1n) is 7.42. The van der Waals surface area contributed by atoms with Crippen molar-refractivity contribution in [2.24, 2.45) is 0 Å². The minimum Gasteiger partial charge on any atom is -0.472 e. The second kappa shape index (κ2) is 7.18. The van der Waals surface area contributed by atoms with E-state index in [1.807, 2.05) is 30.3 Å². The van der Waals surface area contributed by atoms with Crippen LogP contribution in [0.25, 0.3) is 0 Å². The number of nitrogen functional groups attached to an aromatic ring is 1. The molecule has 0 saturated heterocycles. The van der Waals surface area contributed by atoms with Gasteiger partial charge in [0.15, 0.2) is 5.82 Å². The highest BCUT2D eigenvalue weighted by molar-refractivity contribution is 7.92. The summed E-state index contributed by atoms with van der Waals surface area (Å²) in [5, 5.41) is 7.69. The Morgan fingerprint density at radius 1 is 0.960 bits per heavy atom. The summed E-state index contributed by atoms with van der Waals surface area (Å²) >= 11 is 0. The van der Waals surface area contributed by atoms with Crippen molar-refractivity contribution < 1.29 is 13.2 Å². The quantitative estimate of drug-likeness (QED) is 0.657. The van der Waals surface area contributed by atoms with Crippen LogP contribution >= 0.6 is 0 Å². The summed E-state index contributed by atoms with van der Waals surface area (Å²) < 4.78 is 32.4. The Labute approximate surface area is 145 Å². The number of nitrogens with zero attached hydrogens (tertiary/aromatic N) is 2. The fourth-order valence-electron chi connectivity index (χ4n) is 2.06. The topological polar surface area (TPSA) is 107 Å². The van der Waals surface area contributed by atoms with Crippen molar-refractivity contribution in [1.29, 1.82) is 0 Å². The largest absolute Gasteiger partial charge is 0.472 e. The Morgan fingerprint density at radius 2 is 1.76 bits per heavy atom. The fraction of sp³-hybridized carbons (Fsp3) is 0.0588. The van der Waals surface area contributed by atoms with Crippen LogP contribution in [0, 0.1) is 0 Å². The number of benzene rings is 2. The SMILES string of the molecule is Nc1cccc(S(=O)(=O)Nc2ccc(OCc3ccccc3)nn2)c1. The van der Waals surface area contributed by atoms with Crippen molar-refractivity contribution in [1.82, 2.24) is 10.2 Å². The van der Waals surface area contributed by atoms with Gasteiger partial charge in [-0.25, -0.2) is 8.42 Å². The molecule has 0 bridgehead atoms. The molecule has 8 heteroatoms. The van der Waals surface area contributed by atoms with Gasteiger partial charge in [-0.1, -0.05) is 36.4 Å². The summed E-state index contributed by atoms with van der Waals surface area (Å²) in [4.78, 5) is 0.0544. The van der Waals surface area contributed by atoms with Gasteiger partial charge < -0.3 is 10.5 Å². The highest BCUT2D eigenvalue weighted by atomic mass is 32.2. The number of hydrogen-bond donors (Lipinski definition) is 2. The molecular weight excluding hydrogens is 340 g/mol. The molecule has 2 aromatic carbocycles. The number of aromatic nitrogens is 2. The molecule has 0 aliphatic heterocycles. The van der Waals surface area contributed by atoms with Gasteiger partial charge in [0.1, 0.15) is 6.61 Å². The van der Waals surface area contributed by atoms with Crippen LogP contribution in [-0.4, -0.2) is 18.6 Å². The first kappa shape index (κ1) is 16.7. The molecule has 0 spiro atoms. The average Bonchev–Trinajstić information content (AvgIpc) is 2.62. The van der Waals surface area contributed by atoms with Crippen molar-refractivity contribution in [2.75, 3.05) is 10.5 Å². The molecule has 0 unspecified atom stereocenters. The van der Waals surface area contributed by atoms with Crippen molar-refractivity contribution >= 4 is 21.5 Å². The molecule has 0 atom stereocenters. The third-order valence-electron chi connectivity index (χ3n) is 3.28. The molecule has 3 aromatic rings. The van der Waals surface area contributed by atoms with Crippen LogP contribution < -0.4 is 15.2 Å². The van der Waals surface area contributed by atoms with Gasteiger partial charge in [0.2, 0.25) is 5.88 Å². The standard InChI is InChI=1S/C17H16N4O3S/c18-14-7-4-8-15(11-14)25(22,23)21-16-9-10-17(20-19-16)24-12-13-5-2-1-3-6-13/h1-11H,12,18H2,(H,19,21). The zero-order valence-corrected chi connectivity index (χ0v) is 14.0. The molecule has 0 saturated carbocycles. The molecule has 7 nitrogen and oxygen atoms in total. The number of nitrogens with two attached hydrogens (primary N) is 1. The van der Waals surface area contributed by atoms with E-state index >= 15 is 0 Å². The number of anilines is 2. The Balaban J connectivity index is 1.66. The smallest absolute Gasteiger partial charge is 0.263 e. The predicted octanol–water partition coefficient (Wildman–Crippen LogP) is 2.44. The van der Waals surface area contributed by atoms with Gasteiger partial charge in [-0.3, -0.25) is 4.72 Å². The lowest BCUT2D eigenvalue weighted by molar-refractivity contribution is 0.290. The molecule has 0 aliphatic carbocycles. The lowest BCUT2D eigenvalue weighted by Gasteiger charge is -2.08. The zero-order chi connectivity index (χ0) is 17.7. The second-order valence-electron chi connectivity index (χ2n) is 5.21. The van der Waals surface area contributed by atoms with E-state index in [0.717, 1.165) is 5.56 Å². The Hall–Kier alpha value is -3.13. The Kier molecular flexibility index (Phi) is 4.80. The van der Waals surface area contributed by atoms with Crippen LogP contribution in [0.3, 0.4) is 0 Å². The summed E-state index contributed by atoms with van der Waals surface area (Å²) in [6.45, 7) is 0.351. The molecule has 3 N–H and O–H groups in total. The summed E-state index contributed by atoms with van der Waals surface area (Å²) in [6, 6.07) is 18.6. The maximum Gasteiger partial charge on any atom is 0.263 e. The van der Waals surface area contributed by atoms with Crippen LogP contribution in [0.2, 0.25) is 0 Å². The molecule has 3 rings (SSSR count). The normalized spacial score (nSPS) is 11.0. The molecule has 0 radical (unpaired) electrons. The van der Waals surface area contributed by atoms with E-state index in [4.69, 9.17) is 10.5 Å². The maximum absolute atomic E-state index is 12.3. The zero-order valence-electron chi connectivity index (χ0n) is 13.2. The van der Waals surface area contributed by atoms with Crippen molar-refractivity contribution in [2.45, 2.75) is 11.5 Å². The summed E-state index contributed by atoms with van der Waals surface area (Å²) in [5.41, 5.74) is 6.97. The number of hydrogen-bond acceptors (Lipinski definition) is 6. The minimum atomic E-state index is -3.78. The minimum absolute atomic E-state index is 0.0544. The number of rotatable bonds is 6. The van der Waals surface area contributed by atoms with Crippen molar-refractivity contribution in [3.63, 3.8) is 0 Å². The fourth-order valence-corrected chi connectivity index (χ4v) is 3.11. The van der Waals surface area contributed by atoms with Gasteiger partial charge in [0.05, 0.1) is 4.90 Å². The lowest BCUT2D eigenvalue weighted by atomic mass is 10.2. The summed E-state index contributed by atoms with van der Waals surface area (Å²) in [7, 11) is -3.78. The average molecular weight is 356 g/mol. The van der Waals surface area contributed by atoms with E-state index in [9.17, 15) is 8.42 Å². The van der Waals surface area contributed by atoms with E-state index in [1.54, 1.807) is 18.2 Å². The summed E-state index contributed by atoms with van der Waals surface area (Å²) in [5.74, 6) is 0.394. The molecular formula is C17H16N4O3S. The van der Waals surface area contributed by atoms with Gasteiger partial charge in [-0.15, -0.1) is 10.2 Å². The maximum atomic E-state index is 12.3. The first-order chi connectivity index (χ1) is 12.0. The number of sulfonamides is 1. The van der Waals surface area contributed by atoms with Gasteiger partial charge >= 0.3 is 0 Å². The van der Waals surface area contributed by atoms with Crippen molar-refractivity contribution in [3.05, 3.63) is 72.3 Å². The van der Waals surface area contributed by atoms with Crippen LogP contribution in [0.15, 0.2) is 71.6 Å². The summed E-state index contributed by atoms with van der Waals surface area (Å²) in [6.07, 6.45) is 0. The number of ether oxygens (including phenoxy) is 1. The van der Waals surface area contributed by atoms with Gasteiger partial charge in [0.25, 0.3) is 10.0 Å². The number of nitrogens with one attached hydrogen (secondary N) is 1. The van der Waals surface area contributed by atoms with Crippen LogP contribution in [0.1, 0.15) is 5.56 Å². The van der Waals surface area contributed by atoms with E-state index in [1.165, 1.54) is 18.2 Å². The van der Waals surface area contributed by atoms with E-state index in [0.29, 0.717) is 18.2 Å². The van der Waals surface area contributed by atoms with Crippen LogP contribution in [-0.2, 0) is 16.6 Å². The molecule has 1 aromatic heterocycles. The predicted molar refractivity (Wildman–Crippen MR) is 94.5 cm³/mol. The van der Waals surface area contributed by atoms with E-state index in [-0.39, 0.29) is 10.7 Å². The molecule has 128 valence electrons. The van der Waals surface area contributed by atoms with E-state index in [2.05, 4.69) is 14.9 Å². The van der Waals surface area contributed by atoms with Crippen molar-refractivity contribution in [3.8, 4) is 5.88 Å². The highest BCUT2D eigenvalue weighted by Crippen LogP contribution is 2.17. The molecule has 0 aliphatic rings. The van der Waals surface area contributed by atoms with Gasteiger partial charge in [0, 0.05) is 11.8 Å². The van der Waals surface area contributed by atoms with Crippen LogP contribution in [0.4, 0.5) is 11.5 Å². The third kappa shape index (κ3) is 4.45. The Morgan fingerprint density at radius 3 is 2.44 bits per heavy atom. The third-order valence-corrected chi connectivity index (χ3v) is 4.63. The molecule has 1 heterocycles. The molecule has 0 fully saturated rings. The second-order valence-corrected chi connectivity index (χ2v) is 6.89. The first-order valence-corrected chi connectivity index (χ1v) is 8.90. The van der Waals surface area contributed by atoms with Crippen LogP contribution in [0.5, 0.6) is 5.88 Å². The highest BCUT2D eigenvalue weighted by Gasteiger charge is 2.15. The monoisotopic (exact) mass is 356 g/mol. The Bertz CT molecular complexity index is 945.